The summed E-state index contributed by atoms with van der Waals surface area (Å²) in [5.74, 6) is -0.539. The molecule has 1 fully saturated rings. The lowest BCUT2D eigenvalue weighted by Gasteiger charge is -2.45. The average molecular weight is 717 g/mol. The first-order valence-electron chi connectivity index (χ1n) is 15.6. The molecule has 2 aliphatic carbocycles. The molecule has 49 heavy (non-hydrogen) atoms. The molecule has 11 nitrogen and oxygen atoms in total. The summed E-state index contributed by atoms with van der Waals surface area (Å²) in [7, 11) is 0. The van der Waals surface area contributed by atoms with E-state index < -0.39 is 52.7 Å². The maximum Gasteiger partial charge on any atom is 0.411 e. The third kappa shape index (κ3) is 6.45. The number of nitrogens with one attached hydrogen (secondary N) is 1. The van der Waals surface area contributed by atoms with Crippen LogP contribution in [0.5, 0.6) is 0 Å². The lowest BCUT2D eigenvalue weighted by atomic mass is 9.61. The number of carbonyl (C=O) groups excluding carboxylic acids is 2. The van der Waals surface area contributed by atoms with Gasteiger partial charge in [0, 0.05) is 11.6 Å². The number of halogens is 4. The number of benzene rings is 1. The van der Waals surface area contributed by atoms with Crippen LogP contribution in [0.4, 0.5) is 18.0 Å². The summed E-state index contributed by atoms with van der Waals surface area (Å²) >= 11 is 7.88. The number of allylic oxidation sites excluding steroid dienone is 3. The molecule has 2 amide bonds. The van der Waals surface area contributed by atoms with E-state index in [1.807, 2.05) is 51.2 Å². The second-order valence-electron chi connectivity index (χ2n) is 14.1. The Morgan fingerprint density at radius 3 is 2.55 bits per heavy atom. The highest BCUT2D eigenvalue weighted by atomic mass is 35.5. The monoisotopic (exact) mass is 716 g/mol. The normalized spacial score (nSPS) is 24.0. The van der Waals surface area contributed by atoms with Crippen LogP contribution >= 0.6 is 23.1 Å². The highest BCUT2D eigenvalue weighted by Gasteiger charge is 2.65. The number of alkyl halides is 3. The topological polar surface area (TPSA) is 141 Å². The van der Waals surface area contributed by atoms with Crippen molar-refractivity contribution in [2.45, 2.75) is 76.7 Å². The molecule has 1 aliphatic heterocycles. The Hall–Kier alpha value is -4.24. The number of aromatic nitrogens is 4. The second-order valence-corrected chi connectivity index (χ2v) is 15.3. The van der Waals surface area contributed by atoms with E-state index in [1.165, 1.54) is 33.8 Å². The maximum absolute atomic E-state index is 15.1. The number of amides is 2. The zero-order chi connectivity index (χ0) is 35.4. The molecule has 0 radical (unpaired) electrons. The van der Waals surface area contributed by atoms with E-state index in [0.717, 1.165) is 10.5 Å². The van der Waals surface area contributed by atoms with Gasteiger partial charge in [-0.25, -0.2) is 23.8 Å². The fraction of sp³-hybridized carbons (Fsp3) is 0.455. The summed E-state index contributed by atoms with van der Waals surface area (Å²) in [6, 6.07) is 5.68. The van der Waals surface area contributed by atoms with Gasteiger partial charge in [0.25, 0.3) is 5.91 Å². The number of rotatable bonds is 9. The van der Waals surface area contributed by atoms with Crippen molar-refractivity contribution in [1.29, 1.82) is 0 Å². The van der Waals surface area contributed by atoms with Crippen LogP contribution in [0.3, 0.4) is 0 Å². The number of nitrogens with two attached hydrogens (primary N) is 1. The highest BCUT2D eigenvalue weighted by Crippen LogP contribution is 2.53. The van der Waals surface area contributed by atoms with Gasteiger partial charge in [0.15, 0.2) is 11.5 Å². The molecule has 1 aromatic carbocycles. The summed E-state index contributed by atoms with van der Waals surface area (Å²) in [4.78, 5) is 39.1. The first-order valence-corrected chi connectivity index (χ1v) is 16.8. The lowest BCUT2D eigenvalue weighted by Crippen LogP contribution is -2.55. The number of carbonyl (C=O) groups is 2. The molecule has 6 rings (SSSR count). The Balaban J connectivity index is 1.38. The lowest BCUT2D eigenvalue weighted by molar-refractivity contribution is -0.164. The molecule has 0 bridgehead atoms. The van der Waals surface area contributed by atoms with Gasteiger partial charge >= 0.3 is 12.3 Å². The van der Waals surface area contributed by atoms with Crippen LogP contribution in [0.25, 0.3) is 11.3 Å². The van der Waals surface area contributed by atoms with Crippen molar-refractivity contribution >= 4 is 46.7 Å². The van der Waals surface area contributed by atoms with Crippen LogP contribution in [-0.4, -0.2) is 65.9 Å². The largest absolute Gasteiger partial charge is 0.447 e. The molecule has 3 aromatic rings. The van der Waals surface area contributed by atoms with Crippen LogP contribution in [0.15, 0.2) is 66.3 Å². The first kappa shape index (κ1) is 34.6. The van der Waals surface area contributed by atoms with Crippen LogP contribution in [0.1, 0.15) is 69.9 Å². The van der Waals surface area contributed by atoms with Gasteiger partial charge in [-0.1, -0.05) is 63.6 Å². The van der Waals surface area contributed by atoms with E-state index in [9.17, 15) is 18.0 Å². The molecule has 3 aliphatic rings. The highest BCUT2D eigenvalue weighted by molar-refractivity contribution is 7.07. The predicted molar refractivity (Wildman–Crippen MR) is 179 cm³/mol. The molecular weight excluding hydrogens is 681 g/mol. The van der Waals surface area contributed by atoms with Crippen molar-refractivity contribution in [2.24, 2.45) is 21.6 Å². The van der Waals surface area contributed by atoms with E-state index >= 15 is 4.79 Å². The van der Waals surface area contributed by atoms with Gasteiger partial charge in [-0.3, -0.25) is 9.69 Å². The first-order chi connectivity index (χ1) is 23.0. The average Bonchev–Trinajstić information content (AvgIpc) is 3.36. The third-order valence-corrected chi connectivity index (χ3v) is 10.4. The van der Waals surface area contributed by atoms with Gasteiger partial charge < -0.3 is 15.8 Å². The van der Waals surface area contributed by atoms with Crippen molar-refractivity contribution in [3.8, 4) is 5.69 Å². The van der Waals surface area contributed by atoms with Gasteiger partial charge in [-0.05, 0) is 72.0 Å². The van der Waals surface area contributed by atoms with Crippen molar-refractivity contribution in [1.82, 2.24) is 29.4 Å². The predicted octanol–water partition coefficient (Wildman–Crippen LogP) is 6.62. The summed E-state index contributed by atoms with van der Waals surface area (Å²) in [6.45, 7) is 7.45. The van der Waals surface area contributed by atoms with E-state index in [1.54, 1.807) is 24.4 Å². The molecule has 1 saturated carbocycles. The number of ether oxygens (including phenoxy) is 1. The van der Waals surface area contributed by atoms with E-state index in [-0.39, 0.29) is 18.8 Å². The summed E-state index contributed by atoms with van der Waals surface area (Å²) in [5.41, 5.74) is 3.54. The molecule has 3 heterocycles. The Morgan fingerprint density at radius 1 is 1.22 bits per heavy atom. The molecule has 3 N–H and O–H groups in total. The van der Waals surface area contributed by atoms with Crippen LogP contribution in [0.2, 0.25) is 5.02 Å². The fourth-order valence-electron chi connectivity index (χ4n) is 6.50. The minimum Gasteiger partial charge on any atom is -0.447 e. The quantitative estimate of drug-likeness (QED) is 0.254. The van der Waals surface area contributed by atoms with E-state index in [4.69, 9.17) is 27.1 Å². The molecule has 0 spiro atoms. The number of aliphatic imine (C=N–C) groups is 1. The van der Waals surface area contributed by atoms with Crippen molar-refractivity contribution in [3.05, 3.63) is 76.8 Å². The van der Waals surface area contributed by atoms with Gasteiger partial charge in [-0.15, -0.1) is 0 Å². The van der Waals surface area contributed by atoms with Crippen molar-refractivity contribution < 1.29 is 27.5 Å². The number of hydrogen-bond donors (Lipinski definition) is 2. The van der Waals surface area contributed by atoms with Gasteiger partial charge in [0.1, 0.15) is 24.8 Å². The Kier molecular flexibility index (Phi) is 8.67. The fourth-order valence-corrected chi connectivity index (χ4v) is 7.32. The Bertz CT molecular complexity index is 1830. The molecular formula is C33H36ClF3N8O3S. The van der Waals surface area contributed by atoms with Gasteiger partial charge in [-0.2, -0.15) is 18.3 Å². The summed E-state index contributed by atoms with van der Waals surface area (Å²) < 4.78 is 52.0. The number of nitrogens with zero attached hydrogens (tertiary/aromatic N) is 6. The molecule has 1 unspecified atom stereocenters. The van der Waals surface area contributed by atoms with E-state index in [2.05, 4.69) is 20.5 Å². The van der Waals surface area contributed by atoms with E-state index in [0.29, 0.717) is 29.1 Å². The van der Waals surface area contributed by atoms with Gasteiger partial charge in [0.2, 0.25) is 0 Å². The standard InChI is InChI=1S/C33H36ClF3N8O3S/c1-29(2,3)17-32(30(4)10-7-20(8-11-30)25-9-14-41-49-25)26(46)45(27(38)42-32)24(16-48-28(47)43-31(12-13-31)33(35,36)37)21-5-6-22(34)23(15-21)44-19-39-18-40-44/h5-10,14-15,18-19,24H,11-13,16-17H2,1-4H3,(H2,38,42)(H,43,47)/t24-,30?,32+/m1/s1. The van der Waals surface area contributed by atoms with Crippen LogP contribution < -0.4 is 11.1 Å². The smallest absolute Gasteiger partial charge is 0.411 e. The zero-order valence-electron chi connectivity index (χ0n) is 27.3. The number of alkyl carbamates (subject to hydrolysis) is 1. The molecule has 0 saturated heterocycles. The molecule has 2 aromatic heterocycles. The summed E-state index contributed by atoms with van der Waals surface area (Å²) in [5, 5.41) is 6.44. The second kappa shape index (κ2) is 12.3. The minimum atomic E-state index is -4.64. The van der Waals surface area contributed by atoms with Crippen LogP contribution in [-0.2, 0) is 9.53 Å². The van der Waals surface area contributed by atoms with Crippen LogP contribution in [0, 0.1) is 10.8 Å². The Labute approximate surface area is 290 Å². The Morgan fingerprint density at radius 2 is 1.98 bits per heavy atom. The SMILES string of the molecule is CC(C)(C)C[C@]1(C2(C)C=CC(c3ccns3)=CC2)N=C(N)N([C@H](COC(=O)NC2(C(F)(F)F)CC2)c2ccc(Cl)c(-n3cncn3)c2)C1=O. The number of hydrogen-bond acceptors (Lipinski definition) is 9. The van der Waals surface area contributed by atoms with Crippen molar-refractivity contribution in [3.63, 3.8) is 0 Å². The van der Waals surface area contributed by atoms with Gasteiger partial charge in [0.05, 0.1) is 21.6 Å². The third-order valence-electron chi connectivity index (χ3n) is 9.29. The minimum absolute atomic E-state index is 0.110. The number of guanidine groups is 1. The molecule has 260 valence electrons. The summed E-state index contributed by atoms with van der Waals surface area (Å²) in [6.07, 6.45) is 4.87. The molecule has 16 heteroatoms. The zero-order valence-corrected chi connectivity index (χ0v) is 28.9. The molecule has 3 atom stereocenters. The maximum atomic E-state index is 15.1. The van der Waals surface area contributed by atoms with Crippen molar-refractivity contribution in [2.75, 3.05) is 6.61 Å².